The van der Waals surface area contributed by atoms with Gasteiger partial charge in [0.1, 0.15) is 0 Å². The molecular formula is C13H21NO. The van der Waals surface area contributed by atoms with Crippen molar-refractivity contribution in [2.45, 2.75) is 57.5 Å². The van der Waals surface area contributed by atoms with Gasteiger partial charge in [-0.05, 0) is 37.5 Å². The number of hydrogen-bond acceptors (Lipinski definition) is 2. The van der Waals surface area contributed by atoms with E-state index in [1.165, 1.54) is 32.1 Å². The SMILES string of the molecule is CCC1(OCCC#N)C[C@@H]2CC[C@@H](C2)C1. The molecule has 0 radical (unpaired) electrons. The summed E-state index contributed by atoms with van der Waals surface area (Å²) in [5.41, 5.74) is 0.126. The molecule has 0 aliphatic heterocycles. The van der Waals surface area contributed by atoms with Crippen LogP contribution in [0.15, 0.2) is 0 Å². The lowest BCUT2D eigenvalue weighted by Gasteiger charge is -2.40. The molecule has 0 saturated heterocycles. The van der Waals surface area contributed by atoms with Crippen molar-refractivity contribution in [3.05, 3.63) is 0 Å². The van der Waals surface area contributed by atoms with Gasteiger partial charge in [0.25, 0.3) is 0 Å². The first-order valence-corrected chi connectivity index (χ1v) is 6.29. The Bertz CT molecular complexity index is 244. The summed E-state index contributed by atoms with van der Waals surface area (Å²) in [5.74, 6) is 1.82. The second kappa shape index (κ2) is 4.53. The van der Waals surface area contributed by atoms with Gasteiger partial charge in [-0.1, -0.05) is 19.8 Å². The van der Waals surface area contributed by atoms with E-state index in [-0.39, 0.29) is 5.60 Å². The Morgan fingerprint density at radius 2 is 2.00 bits per heavy atom. The van der Waals surface area contributed by atoms with Crippen molar-refractivity contribution in [1.29, 1.82) is 5.26 Å². The molecule has 2 aliphatic carbocycles. The monoisotopic (exact) mass is 207 g/mol. The highest BCUT2D eigenvalue weighted by Crippen LogP contribution is 2.49. The first-order valence-electron chi connectivity index (χ1n) is 6.29. The fraction of sp³-hybridized carbons (Fsp3) is 0.923. The molecule has 3 atom stereocenters. The summed E-state index contributed by atoms with van der Waals surface area (Å²) in [7, 11) is 0. The van der Waals surface area contributed by atoms with Gasteiger partial charge >= 0.3 is 0 Å². The van der Waals surface area contributed by atoms with Crippen LogP contribution in [-0.4, -0.2) is 12.2 Å². The lowest BCUT2D eigenvalue weighted by atomic mass is 9.76. The molecule has 0 heterocycles. The van der Waals surface area contributed by atoms with Crippen LogP contribution < -0.4 is 0 Å². The predicted molar refractivity (Wildman–Crippen MR) is 59.3 cm³/mol. The molecule has 84 valence electrons. The second-order valence-electron chi connectivity index (χ2n) is 5.25. The van der Waals surface area contributed by atoms with Crippen LogP contribution in [0, 0.1) is 23.2 Å². The number of nitrogens with zero attached hydrogens (tertiary/aromatic N) is 1. The molecule has 2 aliphatic rings. The largest absolute Gasteiger partial charge is 0.374 e. The quantitative estimate of drug-likeness (QED) is 0.663. The first kappa shape index (κ1) is 11.0. The van der Waals surface area contributed by atoms with E-state index in [4.69, 9.17) is 10.00 Å². The van der Waals surface area contributed by atoms with Gasteiger partial charge in [0.05, 0.1) is 24.7 Å². The van der Waals surface area contributed by atoms with E-state index in [1.54, 1.807) is 0 Å². The molecule has 0 aromatic carbocycles. The van der Waals surface area contributed by atoms with Gasteiger partial charge in [-0.25, -0.2) is 0 Å². The fourth-order valence-corrected chi connectivity index (χ4v) is 3.51. The molecule has 0 spiro atoms. The van der Waals surface area contributed by atoms with E-state index in [2.05, 4.69) is 13.0 Å². The summed E-state index contributed by atoms with van der Waals surface area (Å²) < 4.78 is 6.02. The van der Waals surface area contributed by atoms with E-state index < -0.39 is 0 Å². The zero-order valence-electron chi connectivity index (χ0n) is 9.67. The van der Waals surface area contributed by atoms with E-state index in [0.29, 0.717) is 13.0 Å². The topological polar surface area (TPSA) is 33.0 Å². The summed E-state index contributed by atoms with van der Waals surface area (Å²) in [6.45, 7) is 2.86. The average Bonchev–Trinajstić information content (AvgIpc) is 2.59. The number of fused-ring (bicyclic) bond motifs is 2. The molecule has 2 saturated carbocycles. The minimum Gasteiger partial charge on any atom is -0.374 e. The number of nitriles is 1. The van der Waals surface area contributed by atoms with E-state index in [9.17, 15) is 0 Å². The normalized spacial score (nSPS) is 38.9. The molecule has 2 bridgehead atoms. The predicted octanol–water partition coefficient (Wildman–Crippen LogP) is 3.28. The van der Waals surface area contributed by atoms with Crippen LogP contribution in [0.1, 0.15) is 51.9 Å². The average molecular weight is 207 g/mol. The third kappa shape index (κ3) is 2.34. The lowest BCUT2D eigenvalue weighted by Crippen LogP contribution is -2.38. The Morgan fingerprint density at radius 1 is 1.33 bits per heavy atom. The standard InChI is InChI=1S/C13H21NO/c1-2-13(15-7-3-6-14)9-11-4-5-12(8-11)10-13/h11-12H,2-5,7-10H2,1H3/t11-,12+,13?. The maximum Gasteiger partial charge on any atom is 0.0685 e. The van der Waals surface area contributed by atoms with Crippen LogP contribution in [0.5, 0.6) is 0 Å². The molecule has 0 amide bonds. The fourth-order valence-electron chi connectivity index (χ4n) is 3.51. The summed E-state index contributed by atoms with van der Waals surface area (Å²) in [6.07, 6.45) is 8.39. The first-order chi connectivity index (χ1) is 7.28. The van der Waals surface area contributed by atoms with Crippen LogP contribution in [0.25, 0.3) is 0 Å². The molecule has 0 aromatic rings. The third-order valence-corrected chi connectivity index (χ3v) is 4.24. The Labute approximate surface area is 92.6 Å². The molecule has 2 rings (SSSR count). The van der Waals surface area contributed by atoms with E-state index in [1.807, 2.05) is 0 Å². The van der Waals surface area contributed by atoms with Crippen molar-refractivity contribution in [3.8, 4) is 6.07 Å². The molecule has 2 fully saturated rings. The Balaban J connectivity index is 1.93. The molecule has 15 heavy (non-hydrogen) atoms. The molecule has 0 N–H and O–H groups in total. The Morgan fingerprint density at radius 3 is 2.53 bits per heavy atom. The van der Waals surface area contributed by atoms with E-state index in [0.717, 1.165) is 18.3 Å². The van der Waals surface area contributed by atoms with Crippen LogP contribution in [0.3, 0.4) is 0 Å². The van der Waals surface area contributed by atoms with Crippen molar-refractivity contribution >= 4 is 0 Å². The van der Waals surface area contributed by atoms with Crippen LogP contribution in [0.2, 0.25) is 0 Å². The van der Waals surface area contributed by atoms with Gasteiger partial charge in [0, 0.05) is 0 Å². The zero-order valence-corrected chi connectivity index (χ0v) is 9.67. The van der Waals surface area contributed by atoms with Gasteiger partial charge in [-0.15, -0.1) is 0 Å². The Hall–Kier alpha value is -0.550. The summed E-state index contributed by atoms with van der Waals surface area (Å²) >= 11 is 0. The van der Waals surface area contributed by atoms with Gasteiger partial charge in [0.2, 0.25) is 0 Å². The highest BCUT2D eigenvalue weighted by Gasteiger charge is 2.43. The molecule has 0 aromatic heterocycles. The van der Waals surface area contributed by atoms with Crippen molar-refractivity contribution in [2.75, 3.05) is 6.61 Å². The zero-order chi connectivity index (χ0) is 10.7. The van der Waals surface area contributed by atoms with Crippen molar-refractivity contribution in [3.63, 3.8) is 0 Å². The minimum absolute atomic E-state index is 0.126. The number of ether oxygens (including phenoxy) is 1. The number of rotatable bonds is 4. The van der Waals surface area contributed by atoms with Crippen LogP contribution in [-0.2, 0) is 4.74 Å². The number of hydrogen-bond donors (Lipinski definition) is 0. The lowest BCUT2D eigenvalue weighted by molar-refractivity contribution is -0.0866. The van der Waals surface area contributed by atoms with Gasteiger partial charge in [0.15, 0.2) is 0 Å². The molecule has 1 unspecified atom stereocenters. The highest BCUT2D eigenvalue weighted by molar-refractivity contribution is 4.95. The smallest absolute Gasteiger partial charge is 0.0685 e. The van der Waals surface area contributed by atoms with Crippen molar-refractivity contribution in [1.82, 2.24) is 0 Å². The van der Waals surface area contributed by atoms with E-state index >= 15 is 0 Å². The van der Waals surface area contributed by atoms with Gasteiger partial charge in [-0.3, -0.25) is 0 Å². The van der Waals surface area contributed by atoms with Gasteiger partial charge < -0.3 is 4.74 Å². The van der Waals surface area contributed by atoms with Gasteiger partial charge in [-0.2, -0.15) is 5.26 Å². The maximum absolute atomic E-state index is 8.54. The second-order valence-corrected chi connectivity index (χ2v) is 5.25. The summed E-state index contributed by atoms with van der Waals surface area (Å²) in [4.78, 5) is 0. The Kier molecular flexibility index (Phi) is 3.31. The van der Waals surface area contributed by atoms with Crippen LogP contribution in [0.4, 0.5) is 0 Å². The molecular weight excluding hydrogens is 186 g/mol. The minimum atomic E-state index is 0.126. The summed E-state index contributed by atoms with van der Waals surface area (Å²) in [5, 5.41) is 8.54. The maximum atomic E-state index is 8.54. The molecule has 2 nitrogen and oxygen atoms in total. The van der Waals surface area contributed by atoms with Crippen molar-refractivity contribution in [2.24, 2.45) is 11.8 Å². The summed E-state index contributed by atoms with van der Waals surface area (Å²) in [6, 6.07) is 2.16. The highest BCUT2D eigenvalue weighted by atomic mass is 16.5. The third-order valence-electron chi connectivity index (χ3n) is 4.24. The van der Waals surface area contributed by atoms with Crippen LogP contribution >= 0.6 is 0 Å². The van der Waals surface area contributed by atoms with Crippen molar-refractivity contribution < 1.29 is 4.74 Å². The molecule has 2 heteroatoms.